The predicted molar refractivity (Wildman–Crippen MR) is 144 cm³/mol. The topological polar surface area (TPSA) is 138 Å². The van der Waals surface area contributed by atoms with Crippen LogP contribution in [-0.2, 0) is 20.2 Å². The Bertz CT molecular complexity index is 1530. The van der Waals surface area contributed by atoms with Gasteiger partial charge in [-0.3, -0.25) is 4.40 Å². The van der Waals surface area contributed by atoms with Gasteiger partial charge < -0.3 is 15.0 Å². The molecule has 3 fully saturated rings. The number of sulfonamides is 1. The van der Waals surface area contributed by atoms with Gasteiger partial charge in [-0.25, -0.2) is 18.1 Å². The van der Waals surface area contributed by atoms with Crippen LogP contribution in [0.3, 0.4) is 0 Å². The van der Waals surface area contributed by atoms with Crippen LogP contribution in [0.4, 0.5) is 5.69 Å². The molecule has 2 N–H and O–H groups in total. The Morgan fingerprint density at radius 1 is 1.29 bits per heavy atom. The number of rotatable bonds is 8. The number of hydrogen-bond acceptors (Lipinski definition) is 10. The first-order valence-corrected chi connectivity index (χ1v) is 15.2. The summed E-state index contributed by atoms with van der Waals surface area (Å²) < 4.78 is 37.4. The molecule has 6 rings (SSSR count). The molecule has 0 bridgehead atoms. The van der Waals surface area contributed by atoms with E-state index in [-0.39, 0.29) is 22.9 Å². The molecule has 11 nitrogen and oxygen atoms in total. The van der Waals surface area contributed by atoms with E-state index in [1.807, 2.05) is 6.92 Å². The number of ether oxygens (including phenoxy) is 1. The molecule has 1 saturated heterocycles. The molecule has 3 aromatic rings. The van der Waals surface area contributed by atoms with Crippen molar-refractivity contribution in [3.63, 3.8) is 0 Å². The molecule has 3 aliphatic rings. The molecule has 0 radical (unpaired) electrons. The zero-order chi connectivity index (χ0) is 26.9. The van der Waals surface area contributed by atoms with Crippen molar-refractivity contribution in [1.29, 1.82) is 5.26 Å². The van der Waals surface area contributed by atoms with Crippen LogP contribution in [0.5, 0.6) is 0 Å². The molecule has 202 valence electrons. The lowest BCUT2D eigenvalue weighted by Gasteiger charge is -2.38. The van der Waals surface area contributed by atoms with Crippen molar-refractivity contribution < 1.29 is 13.2 Å². The average Bonchev–Trinajstić information content (AvgIpc) is 3.62. The fourth-order valence-electron chi connectivity index (χ4n) is 5.53. The van der Waals surface area contributed by atoms with Crippen LogP contribution >= 0.6 is 11.3 Å². The van der Waals surface area contributed by atoms with Gasteiger partial charge in [0.25, 0.3) is 0 Å². The Hall–Kier alpha value is -2.63. The summed E-state index contributed by atoms with van der Waals surface area (Å²) in [5.74, 6) is 0.653. The molecule has 13 heteroatoms. The van der Waals surface area contributed by atoms with Gasteiger partial charge in [0.05, 0.1) is 30.1 Å². The first-order chi connectivity index (χ1) is 18.1. The Morgan fingerprint density at radius 2 is 2.03 bits per heavy atom. The summed E-state index contributed by atoms with van der Waals surface area (Å²) in [5, 5.41) is 23.0. The summed E-state index contributed by atoms with van der Waals surface area (Å²) in [6.07, 6.45) is 5.67. The number of fused-ring (bicyclic) bond motifs is 1. The van der Waals surface area contributed by atoms with E-state index in [0.29, 0.717) is 22.4 Å². The van der Waals surface area contributed by atoms with E-state index in [1.165, 1.54) is 11.3 Å². The smallest absolute Gasteiger partial charge is 0.242 e. The number of nitrogens with one attached hydrogen (secondary N) is 2. The second-order valence-electron chi connectivity index (χ2n) is 11.3. The number of nitriles is 1. The third-order valence-electron chi connectivity index (χ3n) is 7.94. The van der Waals surface area contributed by atoms with Crippen LogP contribution in [0.25, 0.3) is 16.3 Å². The van der Waals surface area contributed by atoms with Crippen molar-refractivity contribution >= 4 is 32.6 Å². The van der Waals surface area contributed by atoms with E-state index in [0.717, 1.165) is 43.6 Å². The van der Waals surface area contributed by atoms with Gasteiger partial charge in [-0.05, 0) is 46.1 Å². The lowest BCUT2D eigenvalue weighted by molar-refractivity contribution is 0.178. The minimum atomic E-state index is -3.85. The zero-order valence-corrected chi connectivity index (χ0v) is 23.6. The van der Waals surface area contributed by atoms with Crippen LogP contribution in [0.15, 0.2) is 23.4 Å². The normalized spacial score (nSPS) is 28.4. The number of anilines is 1. The van der Waals surface area contributed by atoms with E-state index >= 15 is 0 Å². The molecule has 0 spiro atoms. The molecule has 2 aliphatic carbocycles. The number of methoxy groups -OCH3 is 1. The van der Waals surface area contributed by atoms with Crippen LogP contribution in [0, 0.1) is 17.2 Å². The molecule has 4 atom stereocenters. The highest BCUT2D eigenvalue weighted by Crippen LogP contribution is 2.49. The molecule has 0 aromatic carbocycles. The molecule has 0 unspecified atom stereocenters. The predicted octanol–water partition coefficient (Wildman–Crippen LogP) is 2.30. The third kappa shape index (κ3) is 4.38. The minimum Gasteiger partial charge on any atom is -0.384 e. The van der Waals surface area contributed by atoms with Crippen molar-refractivity contribution in [2.75, 3.05) is 31.7 Å². The first-order valence-electron chi connectivity index (χ1n) is 12.9. The summed E-state index contributed by atoms with van der Waals surface area (Å²) >= 11 is 1.35. The molecule has 3 aromatic heterocycles. The molecular formula is C25H32N8O3S2. The van der Waals surface area contributed by atoms with Gasteiger partial charge in [0.1, 0.15) is 15.3 Å². The number of imidazole rings is 1. The Morgan fingerprint density at radius 3 is 2.68 bits per heavy atom. The largest absolute Gasteiger partial charge is 0.384 e. The molecule has 38 heavy (non-hydrogen) atoms. The van der Waals surface area contributed by atoms with Crippen molar-refractivity contribution in [1.82, 2.24) is 29.6 Å². The summed E-state index contributed by atoms with van der Waals surface area (Å²) in [6, 6.07) is 4.60. The maximum Gasteiger partial charge on any atom is 0.242 e. The van der Waals surface area contributed by atoms with Crippen molar-refractivity contribution in [2.24, 2.45) is 5.92 Å². The highest BCUT2D eigenvalue weighted by molar-refractivity contribution is 7.89. The summed E-state index contributed by atoms with van der Waals surface area (Å²) in [6.45, 7) is 8.15. The summed E-state index contributed by atoms with van der Waals surface area (Å²) in [7, 11) is -2.22. The number of nitrogens with zero attached hydrogens (tertiary/aromatic N) is 6. The van der Waals surface area contributed by atoms with E-state index in [1.54, 1.807) is 30.0 Å². The van der Waals surface area contributed by atoms with Gasteiger partial charge in [-0.1, -0.05) is 11.3 Å². The Labute approximate surface area is 226 Å². The fraction of sp³-hybridized carbons (Fsp3) is 0.600. The second-order valence-corrected chi connectivity index (χ2v) is 13.9. The summed E-state index contributed by atoms with van der Waals surface area (Å²) in [4.78, 5) is 7.05. The monoisotopic (exact) mass is 556 g/mol. The minimum absolute atomic E-state index is 0.138. The van der Waals surface area contributed by atoms with Gasteiger partial charge >= 0.3 is 0 Å². The fourth-order valence-corrected chi connectivity index (χ4v) is 8.06. The van der Waals surface area contributed by atoms with Crippen LogP contribution in [0.2, 0.25) is 0 Å². The van der Waals surface area contributed by atoms with E-state index in [9.17, 15) is 13.7 Å². The standard InChI is InChI=1S/C25H32N8O3S2/c1-15-10-32(11-16(2)28-15)19-7-18(38(34,35)31-24(3)8-17(24)13-36-4)12-33-20(19)9-27-21(33)22-29-30-23(37-22)25(14-26)5-6-25/h7,9,12,15-17,28,31H,5-6,8,10-11,13H2,1-4H3/t15-,16-,17-,24-/m0/s1. The number of pyridine rings is 1. The number of aromatic nitrogens is 4. The zero-order valence-electron chi connectivity index (χ0n) is 21.9. The van der Waals surface area contributed by atoms with Crippen molar-refractivity contribution in [3.05, 3.63) is 23.5 Å². The van der Waals surface area contributed by atoms with Gasteiger partial charge in [0, 0.05) is 49.9 Å². The lowest BCUT2D eigenvalue weighted by Crippen LogP contribution is -2.54. The highest BCUT2D eigenvalue weighted by atomic mass is 32.2. The lowest BCUT2D eigenvalue weighted by atomic mass is 10.1. The maximum absolute atomic E-state index is 13.7. The van der Waals surface area contributed by atoms with Gasteiger partial charge in [-0.2, -0.15) is 5.26 Å². The van der Waals surface area contributed by atoms with E-state index in [2.05, 4.69) is 50.0 Å². The molecule has 4 heterocycles. The van der Waals surface area contributed by atoms with Crippen LogP contribution in [-0.4, -0.2) is 72.4 Å². The van der Waals surface area contributed by atoms with E-state index in [4.69, 9.17) is 4.74 Å². The molecule has 1 aliphatic heterocycles. The van der Waals surface area contributed by atoms with Crippen LogP contribution < -0.4 is 14.9 Å². The maximum atomic E-state index is 13.7. The Kier molecular flexibility index (Phi) is 6.04. The quantitative estimate of drug-likeness (QED) is 0.428. The van der Waals surface area contributed by atoms with Gasteiger partial charge in [0.15, 0.2) is 10.8 Å². The number of hydrogen-bond donors (Lipinski definition) is 2. The van der Waals surface area contributed by atoms with Crippen molar-refractivity contribution in [3.8, 4) is 16.9 Å². The van der Waals surface area contributed by atoms with Gasteiger partial charge in [-0.15, -0.1) is 10.2 Å². The molecular weight excluding hydrogens is 524 g/mol. The summed E-state index contributed by atoms with van der Waals surface area (Å²) in [5.41, 5.74) is 0.525. The SMILES string of the molecule is COC[C@@H]1C[C@]1(C)NS(=O)(=O)c1cc(N2C[C@H](C)N[C@@H](C)C2)c2cnc(-c3nnc(C4(C#N)CC4)s3)n2c1. The third-order valence-corrected chi connectivity index (χ3v) is 10.6. The first kappa shape index (κ1) is 25.6. The molecule has 0 amide bonds. The highest BCUT2D eigenvalue weighted by Gasteiger charge is 2.52. The second kappa shape index (κ2) is 8.96. The van der Waals surface area contributed by atoms with E-state index < -0.39 is 21.0 Å². The average molecular weight is 557 g/mol. The van der Waals surface area contributed by atoms with Crippen LogP contribution in [0.1, 0.15) is 45.0 Å². The van der Waals surface area contributed by atoms with Gasteiger partial charge in [0.2, 0.25) is 10.0 Å². The van der Waals surface area contributed by atoms with Crippen molar-refractivity contribution in [2.45, 2.75) is 68.0 Å². The Balaban J connectivity index is 1.45. The molecule has 2 saturated carbocycles. The number of piperazine rings is 1.